The van der Waals surface area contributed by atoms with Crippen LogP contribution < -0.4 is 10.6 Å². The number of nitrogens with zero attached hydrogens (tertiary/aromatic N) is 4. The first-order chi connectivity index (χ1) is 17.6. The number of nitrogens with one attached hydrogen (secondary N) is 3. The molecular weight excluding hydrogens is 474 g/mol. The van der Waals surface area contributed by atoms with E-state index in [4.69, 9.17) is 0 Å². The molecule has 9 nitrogen and oxygen atoms in total. The molecule has 180 valence electrons. The van der Waals surface area contributed by atoms with Gasteiger partial charge in [-0.3, -0.25) is 19.6 Å². The van der Waals surface area contributed by atoms with Crippen molar-refractivity contribution < 1.29 is 9.59 Å². The van der Waals surface area contributed by atoms with Crippen LogP contribution in [0.1, 0.15) is 26.6 Å². The van der Waals surface area contributed by atoms with Gasteiger partial charge in [0.2, 0.25) is 5.91 Å². The molecule has 2 amide bonds. The van der Waals surface area contributed by atoms with Gasteiger partial charge in [-0.2, -0.15) is 0 Å². The number of para-hydroxylation sites is 1. The highest BCUT2D eigenvalue weighted by Gasteiger charge is 2.37. The van der Waals surface area contributed by atoms with Crippen molar-refractivity contribution in [2.24, 2.45) is 0 Å². The zero-order chi connectivity index (χ0) is 24.6. The van der Waals surface area contributed by atoms with E-state index in [-0.39, 0.29) is 11.8 Å². The van der Waals surface area contributed by atoms with E-state index in [2.05, 4.69) is 30.6 Å². The monoisotopic (exact) mass is 497 g/mol. The van der Waals surface area contributed by atoms with E-state index < -0.39 is 6.04 Å². The number of likely N-dealkylation sites (N-methyl/N-ethyl adjacent to an activating group) is 1. The summed E-state index contributed by atoms with van der Waals surface area (Å²) in [6.07, 6.45) is 3.77. The number of benzene rings is 2. The van der Waals surface area contributed by atoms with Crippen molar-refractivity contribution in [1.82, 2.24) is 30.2 Å². The molecule has 0 bridgehead atoms. The van der Waals surface area contributed by atoms with Crippen LogP contribution in [0.2, 0.25) is 0 Å². The normalized spacial score (nSPS) is 15.1. The van der Waals surface area contributed by atoms with Gasteiger partial charge < -0.3 is 20.5 Å². The molecule has 0 aliphatic carbocycles. The summed E-state index contributed by atoms with van der Waals surface area (Å²) in [6, 6.07) is 13.2. The average molecular weight is 498 g/mol. The van der Waals surface area contributed by atoms with Crippen LogP contribution >= 0.6 is 11.3 Å². The van der Waals surface area contributed by atoms with Crippen LogP contribution in [-0.2, 0) is 24.3 Å². The number of hydrogen-bond donors (Lipinski definition) is 3. The van der Waals surface area contributed by atoms with Gasteiger partial charge >= 0.3 is 0 Å². The SMILES string of the molecule is CNC(=O)C1Cc2c([nH]c3ccccc23)CN1C(=O)c1scnc1CNc1ccc2nccnc2c1. The van der Waals surface area contributed by atoms with E-state index in [0.717, 1.165) is 38.9 Å². The van der Waals surface area contributed by atoms with Crippen LogP contribution in [0.4, 0.5) is 5.69 Å². The van der Waals surface area contributed by atoms with Crippen LogP contribution in [0.15, 0.2) is 60.4 Å². The standard InChI is InChI=1S/C26H23N7O2S/c1-27-25(34)23-11-17-16-4-2-3-5-18(16)32-22(17)13-33(23)26(35)24-21(31-14-36-24)12-30-15-6-7-19-20(10-15)29-9-8-28-19/h2-10,14,23,30,32H,11-13H2,1H3,(H,27,34). The number of carbonyl (C=O) groups is 2. The topological polar surface area (TPSA) is 116 Å². The van der Waals surface area contributed by atoms with Crippen LogP contribution in [0.25, 0.3) is 21.9 Å². The molecule has 0 fully saturated rings. The Labute approximate surface area is 210 Å². The smallest absolute Gasteiger partial charge is 0.266 e. The Bertz CT molecular complexity index is 1610. The van der Waals surface area contributed by atoms with Crippen molar-refractivity contribution in [3.05, 3.63) is 82.2 Å². The minimum Gasteiger partial charge on any atom is -0.379 e. The van der Waals surface area contributed by atoms with Gasteiger partial charge in [0, 0.05) is 48.1 Å². The quantitative estimate of drug-likeness (QED) is 0.342. The molecule has 0 radical (unpaired) electrons. The van der Waals surface area contributed by atoms with E-state index >= 15 is 0 Å². The summed E-state index contributed by atoms with van der Waals surface area (Å²) in [5, 5.41) is 7.16. The van der Waals surface area contributed by atoms with Gasteiger partial charge in [-0.1, -0.05) is 18.2 Å². The summed E-state index contributed by atoms with van der Waals surface area (Å²) in [7, 11) is 1.60. The average Bonchev–Trinajstić information content (AvgIpc) is 3.54. The number of fused-ring (bicyclic) bond motifs is 4. The Morgan fingerprint density at radius 1 is 1.11 bits per heavy atom. The maximum atomic E-state index is 13.8. The summed E-state index contributed by atoms with van der Waals surface area (Å²) in [6.45, 7) is 0.696. The minimum absolute atomic E-state index is 0.180. The highest BCUT2D eigenvalue weighted by molar-refractivity contribution is 7.11. The summed E-state index contributed by atoms with van der Waals surface area (Å²) < 4.78 is 0. The molecule has 1 aliphatic heterocycles. The maximum Gasteiger partial charge on any atom is 0.266 e. The lowest BCUT2D eigenvalue weighted by atomic mass is 9.95. The third-order valence-corrected chi connectivity index (χ3v) is 7.44. The third-order valence-electron chi connectivity index (χ3n) is 6.58. The molecule has 2 aromatic carbocycles. The fraction of sp³-hybridized carbons (Fsp3) is 0.192. The van der Waals surface area contributed by atoms with Crippen molar-refractivity contribution in [2.45, 2.75) is 25.6 Å². The Kier molecular flexibility index (Phi) is 5.57. The predicted octanol–water partition coefficient (Wildman–Crippen LogP) is 3.49. The Balaban J connectivity index is 1.27. The summed E-state index contributed by atoms with van der Waals surface area (Å²) in [5.41, 5.74) is 7.83. The van der Waals surface area contributed by atoms with Crippen LogP contribution in [0.3, 0.4) is 0 Å². The molecule has 4 heterocycles. The number of thiazole rings is 1. The van der Waals surface area contributed by atoms with Gasteiger partial charge in [0.25, 0.3) is 5.91 Å². The molecule has 3 N–H and O–H groups in total. The largest absolute Gasteiger partial charge is 0.379 e. The van der Waals surface area contributed by atoms with Gasteiger partial charge in [-0.05, 0) is 29.8 Å². The summed E-state index contributed by atoms with van der Waals surface area (Å²) >= 11 is 1.29. The predicted molar refractivity (Wildman–Crippen MR) is 139 cm³/mol. The fourth-order valence-electron chi connectivity index (χ4n) is 4.78. The van der Waals surface area contributed by atoms with Gasteiger partial charge in [-0.25, -0.2) is 4.98 Å². The zero-order valence-corrected chi connectivity index (χ0v) is 20.3. The molecule has 10 heteroatoms. The second-order valence-corrected chi connectivity index (χ2v) is 9.49. The Morgan fingerprint density at radius 3 is 2.81 bits per heavy atom. The second kappa shape index (κ2) is 9.04. The first-order valence-corrected chi connectivity index (χ1v) is 12.5. The summed E-state index contributed by atoms with van der Waals surface area (Å²) in [4.78, 5) is 45.4. The van der Waals surface area contributed by atoms with Gasteiger partial charge in [0.05, 0.1) is 35.3 Å². The number of anilines is 1. The number of amides is 2. The lowest BCUT2D eigenvalue weighted by Crippen LogP contribution is -2.51. The van der Waals surface area contributed by atoms with E-state index in [1.165, 1.54) is 11.3 Å². The highest BCUT2D eigenvalue weighted by atomic mass is 32.1. The van der Waals surface area contributed by atoms with Crippen molar-refractivity contribution in [2.75, 3.05) is 12.4 Å². The lowest BCUT2D eigenvalue weighted by Gasteiger charge is -2.34. The molecule has 0 spiro atoms. The van der Waals surface area contributed by atoms with E-state index in [0.29, 0.717) is 30.1 Å². The maximum absolute atomic E-state index is 13.8. The molecule has 36 heavy (non-hydrogen) atoms. The second-order valence-electron chi connectivity index (χ2n) is 8.64. The number of carbonyl (C=O) groups excluding carboxylic acids is 2. The first-order valence-electron chi connectivity index (χ1n) is 11.6. The zero-order valence-electron chi connectivity index (χ0n) is 19.5. The van der Waals surface area contributed by atoms with E-state index in [1.807, 2.05) is 42.5 Å². The van der Waals surface area contributed by atoms with E-state index in [1.54, 1.807) is 29.9 Å². The minimum atomic E-state index is -0.601. The molecule has 1 aliphatic rings. The molecule has 0 saturated heterocycles. The van der Waals surface area contributed by atoms with Crippen molar-refractivity contribution in [1.29, 1.82) is 0 Å². The number of aromatic amines is 1. The van der Waals surface area contributed by atoms with Gasteiger partial charge in [-0.15, -0.1) is 11.3 Å². The molecule has 3 aromatic heterocycles. The molecule has 1 atom stereocenters. The fourth-order valence-corrected chi connectivity index (χ4v) is 5.55. The number of H-pyrrole nitrogens is 1. The Hall–Kier alpha value is -4.31. The molecular formula is C26H23N7O2S. The number of hydrogen-bond acceptors (Lipinski definition) is 7. The van der Waals surface area contributed by atoms with E-state index in [9.17, 15) is 9.59 Å². The van der Waals surface area contributed by atoms with Gasteiger partial charge in [0.1, 0.15) is 10.9 Å². The lowest BCUT2D eigenvalue weighted by molar-refractivity contribution is -0.125. The number of aromatic nitrogens is 4. The third kappa shape index (κ3) is 3.85. The molecule has 6 rings (SSSR count). The van der Waals surface area contributed by atoms with Crippen molar-refractivity contribution >= 4 is 50.8 Å². The highest BCUT2D eigenvalue weighted by Crippen LogP contribution is 2.32. The van der Waals surface area contributed by atoms with Crippen molar-refractivity contribution in [3.8, 4) is 0 Å². The van der Waals surface area contributed by atoms with Crippen molar-refractivity contribution in [3.63, 3.8) is 0 Å². The first kappa shape index (κ1) is 22.2. The van der Waals surface area contributed by atoms with Crippen LogP contribution in [0.5, 0.6) is 0 Å². The number of rotatable bonds is 5. The summed E-state index contributed by atoms with van der Waals surface area (Å²) in [5.74, 6) is -0.377. The van der Waals surface area contributed by atoms with Crippen LogP contribution in [0, 0.1) is 0 Å². The van der Waals surface area contributed by atoms with Gasteiger partial charge in [0.15, 0.2) is 0 Å². The van der Waals surface area contributed by atoms with Crippen LogP contribution in [-0.4, -0.2) is 49.7 Å². The molecule has 0 saturated carbocycles. The Morgan fingerprint density at radius 2 is 1.94 bits per heavy atom. The molecule has 1 unspecified atom stereocenters. The molecule has 5 aromatic rings.